The third-order valence-electron chi connectivity index (χ3n) is 5.74. The monoisotopic (exact) mass is 254 g/mol. The Kier molecular flexibility index (Phi) is 2.76. The second-order valence-corrected chi connectivity index (χ2v) is 6.89. The Hall–Kier alpha value is -1.26. The highest BCUT2D eigenvalue weighted by atomic mass is 16.3. The Morgan fingerprint density at radius 3 is 2.47 bits per heavy atom. The van der Waals surface area contributed by atoms with Crippen molar-refractivity contribution in [1.82, 2.24) is 0 Å². The second kappa shape index (κ2) is 4.12. The first-order valence-corrected chi connectivity index (χ1v) is 7.24. The zero-order valence-electron chi connectivity index (χ0n) is 12.0. The van der Waals surface area contributed by atoms with E-state index in [-0.39, 0.29) is 0 Å². The van der Waals surface area contributed by atoms with Gasteiger partial charge in [-0.25, -0.2) is 0 Å². The Morgan fingerprint density at radius 1 is 1.21 bits per heavy atom. The molecule has 0 radical (unpaired) electrons. The molecular weight excluding hydrogens is 232 g/mol. The summed E-state index contributed by atoms with van der Waals surface area (Å²) >= 11 is 0. The molecule has 100 valence electrons. The maximum Gasteiger partial charge on any atom is 0.129 e. The van der Waals surface area contributed by atoms with Crippen molar-refractivity contribution >= 4 is 0 Å². The van der Waals surface area contributed by atoms with Gasteiger partial charge in [-0.3, -0.25) is 0 Å². The zero-order valence-corrected chi connectivity index (χ0v) is 12.0. The summed E-state index contributed by atoms with van der Waals surface area (Å²) in [5.41, 5.74) is 0.575. The van der Waals surface area contributed by atoms with Crippen LogP contribution in [0.2, 0.25) is 0 Å². The van der Waals surface area contributed by atoms with E-state index >= 15 is 0 Å². The molecule has 1 aromatic carbocycles. The minimum Gasteiger partial charge on any atom is -0.377 e. The largest absolute Gasteiger partial charge is 0.377 e. The number of fused-ring (bicyclic) bond motifs is 2. The van der Waals surface area contributed by atoms with Crippen LogP contribution in [0.4, 0.5) is 0 Å². The van der Waals surface area contributed by atoms with Crippen molar-refractivity contribution in [3.63, 3.8) is 0 Å². The number of hydrogen-bond donors (Lipinski definition) is 1. The van der Waals surface area contributed by atoms with E-state index in [4.69, 9.17) is 0 Å². The van der Waals surface area contributed by atoms with Crippen LogP contribution < -0.4 is 0 Å². The number of rotatable bonds is 0. The summed E-state index contributed by atoms with van der Waals surface area (Å²) in [7, 11) is 0. The molecule has 0 spiro atoms. The molecule has 19 heavy (non-hydrogen) atoms. The van der Waals surface area contributed by atoms with Gasteiger partial charge in [0, 0.05) is 11.5 Å². The molecule has 0 unspecified atom stereocenters. The standard InChI is InChI=1S/C18H22O/c1-13-16-11-15(17(13,2)3)12-18(16,19)10-9-14-7-5-4-6-8-14/h4-8,13,15-16,19H,11-12H2,1-3H3/t13-,15+,16+,18+/m1/s1. The maximum atomic E-state index is 10.9. The van der Waals surface area contributed by atoms with Gasteiger partial charge in [-0.2, -0.15) is 0 Å². The molecule has 3 rings (SSSR count). The SMILES string of the molecule is C[C@@H]1[C@@H]2C[C@@H](C[C@@]2(O)C#Cc2ccccc2)C1(C)C. The molecule has 2 aliphatic carbocycles. The number of aliphatic hydroxyl groups is 1. The smallest absolute Gasteiger partial charge is 0.129 e. The maximum absolute atomic E-state index is 10.9. The van der Waals surface area contributed by atoms with E-state index in [1.165, 1.54) is 0 Å². The van der Waals surface area contributed by atoms with Crippen LogP contribution in [0.25, 0.3) is 0 Å². The first-order valence-electron chi connectivity index (χ1n) is 7.24. The summed E-state index contributed by atoms with van der Waals surface area (Å²) in [5, 5.41) is 10.9. The van der Waals surface area contributed by atoms with Crippen LogP contribution in [0.5, 0.6) is 0 Å². The fourth-order valence-corrected chi connectivity index (χ4v) is 4.03. The highest BCUT2D eigenvalue weighted by molar-refractivity contribution is 5.37. The quantitative estimate of drug-likeness (QED) is 0.703. The van der Waals surface area contributed by atoms with Crippen molar-refractivity contribution in [3.05, 3.63) is 35.9 Å². The van der Waals surface area contributed by atoms with Gasteiger partial charge in [0.15, 0.2) is 0 Å². The van der Waals surface area contributed by atoms with Crippen LogP contribution in [-0.4, -0.2) is 10.7 Å². The molecule has 1 heteroatoms. The van der Waals surface area contributed by atoms with Crippen molar-refractivity contribution in [2.75, 3.05) is 0 Å². The molecule has 0 saturated heterocycles. The molecule has 2 saturated carbocycles. The van der Waals surface area contributed by atoms with E-state index in [9.17, 15) is 5.11 Å². The van der Waals surface area contributed by atoms with Crippen molar-refractivity contribution < 1.29 is 5.11 Å². The Morgan fingerprint density at radius 2 is 1.89 bits per heavy atom. The average Bonchev–Trinajstić information content (AvgIpc) is 2.85. The van der Waals surface area contributed by atoms with Gasteiger partial charge in [0.25, 0.3) is 0 Å². The minimum atomic E-state index is -0.768. The first kappa shape index (κ1) is 12.8. The van der Waals surface area contributed by atoms with Gasteiger partial charge in [0.2, 0.25) is 0 Å². The van der Waals surface area contributed by atoms with E-state index in [0.717, 1.165) is 18.4 Å². The summed E-state index contributed by atoms with van der Waals surface area (Å²) in [6.45, 7) is 6.96. The van der Waals surface area contributed by atoms with Gasteiger partial charge >= 0.3 is 0 Å². The van der Waals surface area contributed by atoms with Crippen molar-refractivity contribution in [2.24, 2.45) is 23.2 Å². The Labute approximate surface area is 116 Å². The van der Waals surface area contributed by atoms with Gasteiger partial charge in [0.05, 0.1) is 0 Å². The molecule has 0 aromatic heterocycles. The summed E-state index contributed by atoms with van der Waals surface area (Å²) in [6, 6.07) is 9.96. The van der Waals surface area contributed by atoms with Crippen LogP contribution in [0.1, 0.15) is 39.2 Å². The average molecular weight is 254 g/mol. The third kappa shape index (κ3) is 1.90. The lowest BCUT2D eigenvalue weighted by molar-refractivity contribution is -0.0250. The van der Waals surface area contributed by atoms with Crippen LogP contribution in [0, 0.1) is 35.0 Å². The number of hydrogen-bond acceptors (Lipinski definition) is 1. The van der Waals surface area contributed by atoms with Gasteiger partial charge in [-0.05, 0) is 42.2 Å². The van der Waals surface area contributed by atoms with E-state index in [0.29, 0.717) is 23.2 Å². The lowest BCUT2D eigenvalue weighted by Gasteiger charge is -2.42. The minimum absolute atomic E-state index is 0.337. The van der Waals surface area contributed by atoms with E-state index in [2.05, 4.69) is 32.6 Å². The Bertz CT molecular complexity index is 530. The normalized spacial score (nSPS) is 38.8. The Balaban J connectivity index is 1.86. The lowest BCUT2D eigenvalue weighted by atomic mass is 9.65. The molecule has 0 heterocycles. The van der Waals surface area contributed by atoms with Gasteiger partial charge < -0.3 is 5.11 Å². The third-order valence-corrected chi connectivity index (χ3v) is 5.74. The van der Waals surface area contributed by atoms with Crippen LogP contribution in [0.15, 0.2) is 30.3 Å². The fraction of sp³-hybridized carbons (Fsp3) is 0.556. The molecule has 0 aliphatic heterocycles. The lowest BCUT2D eigenvalue weighted by Crippen LogP contribution is -2.44. The van der Waals surface area contributed by atoms with Crippen LogP contribution in [0.3, 0.4) is 0 Å². The molecule has 1 aromatic rings. The van der Waals surface area contributed by atoms with E-state index in [1.807, 2.05) is 30.3 Å². The molecule has 2 bridgehead atoms. The van der Waals surface area contributed by atoms with Crippen LogP contribution in [-0.2, 0) is 0 Å². The molecular formula is C18H22O. The van der Waals surface area contributed by atoms with Crippen LogP contribution >= 0.6 is 0 Å². The van der Waals surface area contributed by atoms with Gasteiger partial charge in [-0.15, -0.1) is 0 Å². The highest BCUT2D eigenvalue weighted by Crippen LogP contribution is 2.62. The molecule has 4 atom stereocenters. The fourth-order valence-electron chi connectivity index (χ4n) is 4.03. The summed E-state index contributed by atoms with van der Waals surface area (Å²) in [4.78, 5) is 0. The van der Waals surface area contributed by atoms with Crippen molar-refractivity contribution in [3.8, 4) is 11.8 Å². The molecule has 1 nitrogen and oxygen atoms in total. The highest BCUT2D eigenvalue weighted by Gasteiger charge is 2.60. The van der Waals surface area contributed by atoms with E-state index in [1.54, 1.807) is 0 Å². The molecule has 2 fully saturated rings. The van der Waals surface area contributed by atoms with Gasteiger partial charge in [-0.1, -0.05) is 50.8 Å². The predicted molar refractivity (Wildman–Crippen MR) is 77.4 cm³/mol. The van der Waals surface area contributed by atoms with Crippen molar-refractivity contribution in [1.29, 1.82) is 0 Å². The first-order chi connectivity index (χ1) is 8.93. The van der Waals surface area contributed by atoms with Crippen molar-refractivity contribution in [2.45, 2.75) is 39.2 Å². The van der Waals surface area contributed by atoms with E-state index < -0.39 is 5.60 Å². The molecule has 1 N–H and O–H groups in total. The zero-order chi connectivity index (χ0) is 13.7. The molecule has 0 amide bonds. The van der Waals surface area contributed by atoms with Gasteiger partial charge in [0.1, 0.15) is 5.60 Å². The number of benzene rings is 1. The second-order valence-electron chi connectivity index (χ2n) is 6.89. The topological polar surface area (TPSA) is 20.2 Å². The summed E-state index contributed by atoms with van der Waals surface area (Å²) < 4.78 is 0. The molecule has 2 aliphatic rings. The summed E-state index contributed by atoms with van der Waals surface area (Å²) in [6.07, 6.45) is 1.98. The summed E-state index contributed by atoms with van der Waals surface area (Å²) in [5.74, 6) is 7.83. The predicted octanol–water partition coefficient (Wildman–Crippen LogP) is 3.47.